The van der Waals surface area contributed by atoms with Crippen LogP contribution in [-0.2, 0) is 9.53 Å². The molecule has 0 aliphatic carbocycles. The first-order valence-corrected chi connectivity index (χ1v) is 5.09. The number of ether oxygens (including phenoxy) is 1. The summed E-state index contributed by atoms with van der Waals surface area (Å²) in [6, 6.07) is 3.17. The molecule has 0 aromatic carbocycles. The van der Waals surface area contributed by atoms with Crippen molar-refractivity contribution in [3.8, 4) is 0 Å². The zero-order valence-corrected chi connectivity index (χ0v) is 9.43. The van der Waals surface area contributed by atoms with Gasteiger partial charge in [-0.25, -0.2) is 0 Å². The van der Waals surface area contributed by atoms with Crippen LogP contribution in [0.4, 0.5) is 0 Å². The average molecular weight is 225 g/mol. The lowest BCUT2D eigenvalue weighted by Gasteiger charge is -2.14. The van der Waals surface area contributed by atoms with Crippen molar-refractivity contribution in [2.24, 2.45) is 0 Å². The molecule has 1 heterocycles. The highest BCUT2D eigenvalue weighted by atomic mass is 16.5. The zero-order valence-electron chi connectivity index (χ0n) is 9.43. The van der Waals surface area contributed by atoms with E-state index in [2.05, 4.69) is 0 Å². The lowest BCUT2D eigenvalue weighted by atomic mass is 10.4. The van der Waals surface area contributed by atoms with Crippen molar-refractivity contribution in [1.82, 2.24) is 4.90 Å². The SMILES string of the molecule is CCCOC(=O)CN(C)C(=O)c1ccco1. The summed E-state index contributed by atoms with van der Waals surface area (Å²) in [7, 11) is 1.53. The molecule has 0 saturated heterocycles. The highest BCUT2D eigenvalue weighted by Crippen LogP contribution is 2.03. The van der Waals surface area contributed by atoms with Crippen LogP contribution in [0.5, 0.6) is 0 Å². The van der Waals surface area contributed by atoms with Crippen molar-refractivity contribution >= 4 is 11.9 Å². The summed E-state index contributed by atoms with van der Waals surface area (Å²) in [5, 5.41) is 0. The Morgan fingerprint density at radius 3 is 2.81 bits per heavy atom. The first-order valence-electron chi connectivity index (χ1n) is 5.09. The average Bonchev–Trinajstić information content (AvgIpc) is 2.78. The van der Waals surface area contributed by atoms with Gasteiger partial charge in [-0.1, -0.05) is 6.92 Å². The van der Waals surface area contributed by atoms with Gasteiger partial charge in [-0.15, -0.1) is 0 Å². The zero-order chi connectivity index (χ0) is 12.0. The summed E-state index contributed by atoms with van der Waals surface area (Å²) >= 11 is 0. The molecule has 0 radical (unpaired) electrons. The molecule has 1 rings (SSSR count). The molecular formula is C11H15NO4. The van der Waals surface area contributed by atoms with Gasteiger partial charge in [-0.2, -0.15) is 0 Å². The molecule has 16 heavy (non-hydrogen) atoms. The van der Waals surface area contributed by atoms with Crippen LogP contribution in [0.1, 0.15) is 23.9 Å². The Hall–Kier alpha value is -1.78. The smallest absolute Gasteiger partial charge is 0.325 e. The summed E-state index contributed by atoms with van der Waals surface area (Å²) in [5.74, 6) is -0.534. The van der Waals surface area contributed by atoms with Crippen LogP contribution >= 0.6 is 0 Å². The van der Waals surface area contributed by atoms with E-state index in [0.29, 0.717) is 6.61 Å². The van der Waals surface area contributed by atoms with E-state index in [1.54, 1.807) is 12.1 Å². The number of rotatable bonds is 5. The van der Waals surface area contributed by atoms with E-state index in [9.17, 15) is 9.59 Å². The third-order valence-corrected chi connectivity index (χ3v) is 1.91. The molecule has 1 aromatic rings. The van der Waals surface area contributed by atoms with E-state index in [4.69, 9.17) is 9.15 Å². The Labute approximate surface area is 94.0 Å². The van der Waals surface area contributed by atoms with Gasteiger partial charge >= 0.3 is 5.97 Å². The third-order valence-electron chi connectivity index (χ3n) is 1.91. The van der Waals surface area contributed by atoms with Crippen LogP contribution in [0.2, 0.25) is 0 Å². The Kier molecular flexibility index (Phi) is 4.57. The highest BCUT2D eigenvalue weighted by molar-refractivity contribution is 5.93. The number of likely N-dealkylation sites (N-methyl/N-ethyl adjacent to an activating group) is 1. The molecule has 5 heteroatoms. The van der Waals surface area contributed by atoms with Gasteiger partial charge in [-0.05, 0) is 18.6 Å². The van der Waals surface area contributed by atoms with Gasteiger partial charge in [0, 0.05) is 7.05 Å². The van der Waals surface area contributed by atoms with Crippen molar-refractivity contribution in [3.05, 3.63) is 24.2 Å². The second-order valence-corrected chi connectivity index (χ2v) is 3.36. The predicted molar refractivity (Wildman–Crippen MR) is 56.9 cm³/mol. The minimum atomic E-state index is -0.413. The molecule has 1 amide bonds. The topological polar surface area (TPSA) is 59.8 Å². The van der Waals surface area contributed by atoms with Crippen LogP contribution in [0.25, 0.3) is 0 Å². The van der Waals surface area contributed by atoms with Crippen molar-refractivity contribution in [1.29, 1.82) is 0 Å². The molecule has 1 aromatic heterocycles. The largest absolute Gasteiger partial charge is 0.464 e. The number of esters is 1. The van der Waals surface area contributed by atoms with Crippen molar-refractivity contribution in [2.75, 3.05) is 20.2 Å². The number of amides is 1. The molecule has 0 N–H and O–H groups in total. The fourth-order valence-corrected chi connectivity index (χ4v) is 1.12. The van der Waals surface area contributed by atoms with E-state index in [1.165, 1.54) is 18.2 Å². The maximum Gasteiger partial charge on any atom is 0.325 e. The molecular weight excluding hydrogens is 210 g/mol. The molecule has 0 aliphatic rings. The monoisotopic (exact) mass is 225 g/mol. The number of carbonyl (C=O) groups is 2. The van der Waals surface area contributed by atoms with E-state index in [-0.39, 0.29) is 18.2 Å². The van der Waals surface area contributed by atoms with Gasteiger partial charge < -0.3 is 14.1 Å². The molecule has 0 fully saturated rings. The van der Waals surface area contributed by atoms with Gasteiger partial charge in [0.05, 0.1) is 12.9 Å². The first kappa shape index (κ1) is 12.3. The van der Waals surface area contributed by atoms with E-state index in [1.807, 2.05) is 6.92 Å². The second-order valence-electron chi connectivity index (χ2n) is 3.36. The minimum Gasteiger partial charge on any atom is -0.464 e. The maximum atomic E-state index is 11.6. The fourth-order valence-electron chi connectivity index (χ4n) is 1.12. The van der Waals surface area contributed by atoms with E-state index in [0.717, 1.165) is 6.42 Å². The lowest BCUT2D eigenvalue weighted by Crippen LogP contribution is -2.32. The number of carbonyl (C=O) groups excluding carboxylic acids is 2. The minimum absolute atomic E-state index is 0.0699. The van der Waals surface area contributed by atoms with E-state index >= 15 is 0 Å². The van der Waals surface area contributed by atoms with Crippen molar-refractivity contribution in [2.45, 2.75) is 13.3 Å². The van der Waals surface area contributed by atoms with Crippen LogP contribution in [0, 0.1) is 0 Å². The van der Waals surface area contributed by atoms with Crippen LogP contribution in [0.15, 0.2) is 22.8 Å². The summed E-state index contributed by atoms with van der Waals surface area (Å²) in [6.45, 7) is 2.21. The highest BCUT2D eigenvalue weighted by Gasteiger charge is 2.17. The third kappa shape index (κ3) is 3.42. The number of hydrogen-bond acceptors (Lipinski definition) is 4. The Morgan fingerprint density at radius 2 is 2.25 bits per heavy atom. The van der Waals surface area contributed by atoms with Gasteiger partial charge in [0.15, 0.2) is 5.76 Å². The Morgan fingerprint density at radius 1 is 1.50 bits per heavy atom. The Bertz CT molecular complexity index is 345. The summed E-state index contributed by atoms with van der Waals surface area (Å²) in [6.07, 6.45) is 2.18. The number of hydrogen-bond donors (Lipinski definition) is 0. The summed E-state index contributed by atoms with van der Waals surface area (Å²) in [5.41, 5.74) is 0. The van der Waals surface area contributed by atoms with Gasteiger partial charge in [0.1, 0.15) is 6.54 Å². The standard InChI is InChI=1S/C11H15NO4/c1-3-6-16-10(13)8-12(2)11(14)9-5-4-7-15-9/h4-5,7H,3,6,8H2,1-2H3. The molecule has 0 unspecified atom stereocenters. The van der Waals surface area contributed by atoms with E-state index < -0.39 is 5.97 Å². The van der Waals surface area contributed by atoms with Crippen LogP contribution < -0.4 is 0 Å². The fraction of sp³-hybridized carbons (Fsp3) is 0.455. The second kappa shape index (κ2) is 5.95. The molecule has 5 nitrogen and oxygen atoms in total. The quantitative estimate of drug-likeness (QED) is 0.709. The summed E-state index contributed by atoms with van der Waals surface area (Å²) < 4.78 is 9.80. The summed E-state index contributed by atoms with van der Waals surface area (Å²) in [4.78, 5) is 24.1. The molecule has 0 aliphatic heterocycles. The van der Waals surface area contributed by atoms with Crippen LogP contribution in [-0.4, -0.2) is 37.0 Å². The molecule has 0 atom stereocenters. The normalized spacial score (nSPS) is 9.88. The van der Waals surface area contributed by atoms with Crippen molar-refractivity contribution in [3.63, 3.8) is 0 Å². The molecule has 0 bridgehead atoms. The molecule has 88 valence electrons. The van der Waals surface area contributed by atoms with Crippen LogP contribution in [0.3, 0.4) is 0 Å². The first-order chi connectivity index (χ1) is 7.65. The van der Waals surface area contributed by atoms with Gasteiger partial charge in [0.2, 0.25) is 0 Å². The van der Waals surface area contributed by atoms with Gasteiger partial charge in [-0.3, -0.25) is 9.59 Å². The lowest BCUT2D eigenvalue weighted by molar-refractivity contribution is -0.144. The number of furan rings is 1. The molecule has 0 spiro atoms. The maximum absolute atomic E-state index is 11.6. The van der Waals surface area contributed by atoms with Gasteiger partial charge in [0.25, 0.3) is 5.91 Å². The van der Waals surface area contributed by atoms with Crippen molar-refractivity contribution < 1.29 is 18.7 Å². The molecule has 0 saturated carbocycles. The predicted octanol–water partition coefficient (Wildman–Crippen LogP) is 1.30. The number of nitrogens with zero attached hydrogens (tertiary/aromatic N) is 1. The Balaban J connectivity index is 2.43.